The molecule has 1 amide bonds. The van der Waals surface area contributed by atoms with E-state index in [0.29, 0.717) is 19.5 Å². The van der Waals surface area contributed by atoms with Crippen molar-refractivity contribution in [1.29, 1.82) is 0 Å². The maximum absolute atomic E-state index is 12.4. The van der Waals surface area contributed by atoms with Gasteiger partial charge in [-0.25, -0.2) is 0 Å². The molecule has 0 atom stereocenters. The van der Waals surface area contributed by atoms with Gasteiger partial charge in [0, 0.05) is 19.5 Å². The number of carbonyl (C=O) groups is 1. The number of hydrogen-bond acceptors (Lipinski definition) is 1. The van der Waals surface area contributed by atoms with Crippen LogP contribution in [0.4, 0.5) is 13.2 Å². The smallest absolute Gasteiger partial charge is 0.338 e. The lowest BCUT2D eigenvalue weighted by molar-refractivity contribution is -0.137. The molecule has 0 saturated carbocycles. The molecule has 1 aromatic carbocycles. The maximum Gasteiger partial charge on any atom is 0.416 e. The van der Waals surface area contributed by atoms with Crippen LogP contribution in [0.3, 0.4) is 0 Å². The standard InChI is InChI=1S/C14H16F3NO/c15-14(16,17)12-7-5-11(6-8-12)10-18-9-3-1-2-4-13(18)19/h5-8H,1-4,9-10H2. The summed E-state index contributed by atoms with van der Waals surface area (Å²) < 4.78 is 37.3. The summed E-state index contributed by atoms with van der Waals surface area (Å²) in [6.45, 7) is 1.09. The van der Waals surface area contributed by atoms with Gasteiger partial charge in [0.25, 0.3) is 0 Å². The summed E-state index contributed by atoms with van der Waals surface area (Å²) >= 11 is 0. The quantitative estimate of drug-likeness (QED) is 0.804. The monoisotopic (exact) mass is 271 g/mol. The van der Waals surface area contributed by atoms with Crippen molar-refractivity contribution in [3.8, 4) is 0 Å². The number of nitrogens with zero attached hydrogens (tertiary/aromatic N) is 1. The fourth-order valence-corrected chi connectivity index (χ4v) is 2.23. The number of rotatable bonds is 2. The molecular formula is C14H16F3NO. The molecule has 0 radical (unpaired) electrons. The van der Waals surface area contributed by atoms with Gasteiger partial charge in [0.1, 0.15) is 0 Å². The van der Waals surface area contributed by atoms with Crippen LogP contribution in [-0.2, 0) is 17.5 Å². The summed E-state index contributed by atoms with van der Waals surface area (Å²) in [5.41, 5.74) is 0.0849. The van der Waals surface area contributed by atoms with Crippen molar-refractivity contribution >= 4 is 5.91 Å². The van der Waals surface area contributed by atoms with Crippen LogP contribution in [0.15, 0.2) is 24.3 Å². The van der Waals surface area contributed by atoms with E-state index in [2.05, 4.69) is 0 Å². The SMILES string of the molecule is O=C1CCCCCN1Cc1ccc(C(F)(F)F)cc1. The van der Waals surface area contributed by atoms with Crippen molar-refractivity contribution in [3.63, 3.8) is 0 Å². The molecule has 0 unspecified atom stereocenters. The van der Waals surface area contributed by atoms with E-state index in [1.165, 1.54) is 12.1 Å². The Bertz CT molecular complexity index is 439. The van der Waals surface area contributed by atoms with Crippen molar-refractivity contribution in [2.24, 2.45) is 0 Å². The molecule has 0 aliphatic carbocycles. The maximum atomic E-state index is 12.4. The molecule has 1 aromatic rings. The number of carbonyl (C=O) groups excluding carboxylic acids is 1. The molecule has 0 aromatic heterocycles. The van der Waals surface area contributed by atoms with Crippen LogP contribution in [0.1, 0.15) is 36.8 Å². The van der Waals surface area contributed by atoms with Crippen LogP contribution in [-0.4, -0.2) is 17.4 Å². The van der Waals surface area contributed by atoms with Gasteiger partial charge in [0.05, 0.1) is 5.56 Å². The Balaban J connectivity index is 2.04. The molecule has 0 spiro atoms. The van der Waals surface area contributed by atoms with E-state index in [1.807, 2.05) is 0 Å². The molecule has 1 heterocycles. The molecule has 2 nitrogen and oxygen atoms in total. The topological polar surface area (TPSA) is 20.3 Å². The zero-order chi connectivity index (χ0) is 13.9. The fraction of sp³-hybridized carbons (Fsp3) is 0.500. The highest BCUT2D eigenvalue weighted by Gasteiger charge is 2.30. The van der Waals surface area contributed by atoms with Crippen LogP contribution >= 0.6 is 0 Å². The van der Waals surface area contributed by atoms with Gasteiger partial charge in [0.2, 0.25) is 5.91 Å². The molecule has 1 saturated heterocycles. The first-order valence-corrected chi connectivity index (χ1v) is 6.41. The van der Waals surface area contributed by atoms with Crippen LogP contribution in [0.5, 0.6) is 0 Å². The lowest BCUT2D eigenvalue weighted by atomic mass is 10.1. The van der Waals surface area contributed by atoms with Gasteiger partial charge in [-0.15, -0.1) is 0 Å². The molecule has 2 rings (SSSR count). The van der Waals surface area contributed by atoms with E-state index in [0.717, 1.165) is 37.0 Å². The number of halogens is 3. The lowest BCUT2D eigenvalue weighted by Gasteiger charge is -2.20. The van der Waals surface area contributed by atoms with E-state index in [1.54, 1.807) is 4.90 Å². The van der Waals surface area contributed by atoms with E-state index < -0.39 is 11.7 Å². The molecule has 1 aliphatic rings. The summed E-state index contributed by atoms with van der Waals surface area (Å²) in [5, 5.41) is 0. The van der Waals surface area contributed by atoms with Crippen molar-refractivity contribution in [1.82, 2.24) is 4.90 Å². The summed E-state index contributed by atoms with van der Waals surface area (Å²) in [6.07, 6.45) is -0.860. The molecular weight excluding hydrogens is 255 g/mol. The van der Waals surface area contributed by atoms with Crippen molar-refractivity contribution in [2.75, 3.05) is 6.54 Å². The predicted octanol–water partition coefficient (Wildman–Crippen LogP) is 3.61. The van der Waals surface area contributed by atoms with Gasteiger partial charge in [-0.05, 0) is 30.5 Å². The summed E-state index contributed by atoms with van der Waals surface area (Å²) in [6, 6.07) is 5.03. The van der Waals surface area contributed by atoms with Gasteiger partial charge in [-0.3, -0.25) is 4.79 Å². The second-order valence-electron chi connectivity index (χ2n) is 4.82. The number of likely N-dealkylation sites (tertiary alicyclic amines) is 1. The van der Waals surface area contributed by atoms with E-state index in [4.69, 9.17) is 0 Å². The summed E-state index contributed by atoms with van der Waals surface area (Å²) in [5.74, 6) is 0.0948. The third-order valence-corrected chi connectivity index (χ3v) is 3.33. The molecule has 0 N–H and O–H groups in total. The van der Waals surface area contributed by atoms with E-state index in [9.17, 15) is 18.0 Å². The molecule has 104 valence electrons. The third-order valence-electron chi connectivity index (χ3n) is 3.33. The first-order valence-electron chi connectivity index (χ1n) is 6.41. The molecule has 0 bridgehead atoms. The van der Waals surface area contributed by atoms with Crippen LogP contribution in [0.2, 0.25) is 0 Å². The molecule has 5 heteroatoms. The Labute approximate surface area is 110 Å². The second-order valence-corrected chi connectivity index (χ2v) is 4.82. The van der Waals surface area contributed by atoms with E-state index >= 15 is 0 Å². The summed E-state index contributed by atoms with van der Waals surface area (Å²) in [7, 11) is 0. The Morgan fingerprint density at radius 1 is 1.05 bits per heavy atom. The van der Waals surface area contributed by atoms with Gasteiger partial charge in [-0.2, -0.15) is 13.2 Å². The molecule has 1 aliphatic heterocycles. The van der Waals surface area contributed by atoms with Gasteiger partial charge in [-0.1, -0.05) is 18.6 Å². The van der Waals surface area contributed by atoms with Crippen molar-refractivity contribution < 1.29 is 18.0 Å². The molecule has 1 fully saturated rings. The third kappa shape index (κ3) is 3.72. The Morgan fingerprint density at radius 3 is 2.37 bits per heavy atom. The molecule has 19 heavy (non-hydrogen) atoms. The van der Waals surface area contributed by atoms with Crippen LogP contribution in [0, 0.1) is 0 Å². The van der Waals surface area contributed by atoms with Gasteiger partial charge >= 0.3 is 6.18 Å². The Hall–Kier alpha value is -1.52. The number of amides is 1. The van der Waals surface area contributed by atoms with E-state index in [-0.39, 0.29) is 5.91 Å². The van der Waals surface area contributed by atoms with Crippen LogP contribution in [0.25, 0.3) is 0 Å². The highest BCUT2D eigenvalue weighted by molar-refractivity contribution is 5.76. The summed E-state index contributed by atoms with van der Waals surface area (Å²) in [4.78, 5) is 13.5. The largest absolute Gasteiger partial charge is 0.416 e. The van der Waals surface area contributed by atoms with Crippen molar-refractivity contribution in [2.45, 2.75) is 38.4 Å². The first kappa shape index (κ1) is 13.9. The average molecular weight is 271 g/mol. The fourth-order valence-electron chi connectivity index (χ4n) is 2.23. The zero-order valence-electron chi connectivity index (χ0n) is 10.5. The normalized spacial score (nSPS) is 17.4. The predicted molar refractivity (Wildman–Crippen MR) is 65.3 cm³/mol. The minimum atomic E-state index is -4.31. The Kier molecular flexibility index (Phi) is 4.12. The first-order chi connectivity index (χ1) is 8.97. The average Bonchev–Trinajstić information content (AvgIpc) is 2.55. The van der Waals surface area contributed by atoms with Crippen molar-refractivity contribution in [3.05, 3.63) is 35.4 Å². The zero-order valence-corrected chi connectivity index (χ0v) is 10.5. The van der Waals surface area contributed by atoms with Gasteiger partial charge < -0.3 is 4.90 Å². The number of hydrogen-bond donors (Lipinski definition) is 0. The van der Waals surface area contributed by atoms with Crippen LogP contribution < -0.4 is 0 Å². The second kappa shape index (κ2) is 5.63. The number of alkyl halides is 3. The highest BCUT2D eigenvalue weighted by atomic mass is 19.4. The van der Waals surface area contributed by atoms with Gasteiger partial charge in [0.15, 0.2) is 0 Å². The Morgan fingerprint density at radius 2 is 1.74 bits per heavy atom. The minimum Gasteiger partial charge on any atom is -0.338 e. The number of benzene rings is 1. The highest BCUT2D eigenvalue weighted by Crippen LogP contribution is 2.29. The minimum absolute atomic E-state index is 0.0948. The lowest BCUT2D eigenvalue weighted by Crippen LogP contribution is -2.29.